The molecule has 0 unspecified atom stereocenters. The number of nitrogens with zero attached hydrogens (tertiary/aromatic N) is 1. The number of benzene rings is 1. The number of aliphatic hydroxyl groups is 1. The van der Waals surface area contributed by atoms with Gasteiger partial charge in [-0.25, -0.2) is 0 Å². The first kappa shape index (κ1) is 12.7. The van der Waals surface area contributed by atoms with Crippen molar-refractivity contribution in [2.75, 3.05) is 19.7 Å². The fourth-order valence-electron chi connectivity index (χ4n) is 1.54. The standard InChI is InChI=1S/C12H18N2O2/c1-2-14(8-9-15)12(16)11(13)10-6-4-3-5-7-10/h3-7,11,15H,2,8-9,13H2,1H3/t11-/m1/s1. The van der Waals surface area contributed by atoms with Crippen LogP contribution in [0.1, 0.15) is 18.5 Å². The van der Waals surface area contributed by atoms with Crippen LogP contribution >= 0.6 is 0 Å². The Hall–Kier alpha value is -1.39. The molecule has 0 fully saturated rings. The van der Waals surface area contributed by atoms with Crippen LogP contribution in [-0.4, -0.2) is 35.6 Å². The van der Waals surface area contributed by atoms with Gasteiger partial charge in [-0.15, -0.1) is 0 Å². The van der Waals surface area contributed by atoms with Crippen molar-refractivity contribution >= 4 is 5.91 Å². The van der Waals surface area contributed by atoms with Crippen LogP contribution in [-0.2, 0) is 4.79 Å². The van der Waals surface area contributed by atoms with Crippen LogP contribution in [0.15, 0.2) is 30.3 Å². The van der Waals surface area contributed by atoms with Crippen molar-refractivity contribution in [3.63, 3.8) is 0 Å². The first-order chi connectivity index (χ1) is 7.70. The summed E-state index contributed by atoms with van der Waals surface area (Å²) in [6.45, 7) is 2.71. The molecule has 88 valence electrons. The summed E-state index contributed by atoms with van der Waals surface area (Å²) in [7, 11) is 0. The Bertz CT molecular complexity index is 327. The van der Waals surface area contributed by atoms with Crippen molar-refractivity contribution < 1.29 is 9.90 Å². The fraction of sp³-hybridized carbons (Fsp3) is 0.417. The molecule has 16 heavy (non-hydrogen) atoms. The first-order valence-electron chi connectivity index (χ1n) is 5.40. The molecule has 0 aromatic heterocycles. The molecule has 3 N–H and O–H groups in total. The van der Waals surface area contributed by atoms with E-state index in [9.17, 15) is 4.79 Å². The number of carbonyl (C=O) groups excluding carboxylic acids is 1. The lowest BCUT2D eigenvalue weighted by atomic mass is 10.1. The lowest BCUT2D eigenvalue weighted by Crippen LogP contribution is -2.40. The third kappa shape index (κ3) is 3.05. The molecule has 0 aliphatic rings. The highest BCUT2D eigenvalue weighted by Gasteiger charge is 2.20. The van der Waals surface area contributed by atoms with Gasteiger partial charge in [-0.05, 0) is 12.5 Å². The van der Waals surface area contributed by atoms with Gasteiger partial charge in [0.1, 0.15) is 6.04 Å². The number of rotatable bonds is 5. The van der Waals surface area contributed by atoms with Crippen LogP contribution in [0.2, 0.25) is 0 Å². The molecular formula is C12H18N2O2. The zero-order chi connectivity index (χ0) is 12.0. The zero-order valence-corrected chi connectivity index (χ0v) is 9.47. The summed E-state index contributed by atoms with van der Waals surface area (Å²) in [6, 6.07) is 8.60. The third-order valence-corrected chi connectivity index (χ3v) is 2.49. The maximum atomic E-state index is 12.0. The molecule has 0 aliphatic carbocycles. The second-order valence-electron chi connectivity index (χ2n) is 3.53. The molecular weight excluding hydrogens is 204 g/mol. The number of amides is 1. The number of hydrogen-bond donors (Lipinski definition) is 2. The molecule has 1 amide bonds. The zero-order valence-electron chi connectivity index (χ0n) is 9.47. The van der Waals surface area contributed by atoms with Crippen molar-refractivity contribution in [3.05, 3.63) is 35.9 Å². The number of carbonyl (C=O) groups is 1. The Morgan fingerprint density at radius 2 is 2.06 bits per heavy atom. The maximum Gasteiger partial charge on any atom is 0.244 e. The van der Waals surface area contributed by atoms with Gasteiger partial charge in [-0.1, -0.05) is 30.3 Å². The summed E-state index contributed by atoms with van der Waals surface area (Å²) in [4.78, 5) is 13.5. The molecule has 0 heterocycles. The van der Waals surface area contributed by atoms with Gasteiger partial charge >= 0.3 is 0 Å². The molecule has 0 saturated heterocycles. The van der Waals surface area contributed by atoms with Crippen molar-refractivity contribution in [2.24, 2.45) is 5.73 Å². The number of nitrogens with two attached hydrogens (primary N) is 1. The van der Waals surface area contributed by atoms with E-state index in [4.69, 9.17) is 10.8 Å². The van der Waals surface area contributed by atoms with Crippen molar-refractivity contribution in [1.29, 1.82) is 0 Å². The van der Waals surface area contributed by atoms with E-state index in [1.807, 2.05) is 37.3 Å². The summed E-state index contributed by atoms with van der Waals surface area (Å²) >= 11 is 0. The first-order valence-corrected chi connectivity index (χ1v) is 5.40. The van der Waals surface area contributed by atoms with E-state index in [-0.39, 0.29) is 12.5 Å². The molecule has 0 bridgehead atoms. The minimum Gasteiger partial charge on any atom is -0.395 e. The van der Waals surface area contributed by atoms with Gasteiger partial charge in [-0.3, -0.25) is 4.79 Å². The van der Waals surface area contributed by atoms with Crippen molar-refractivity contribution in [1.82, 2.24) is 4.90 Å². The molecule has 0 saturated carbocycles. The number of hydrogen-bond acceptors (Lipinski definition) is 3. The highest BCUT2D eigenvalue weighted by atomic mass is 16.3. The number of aliphatic hydroxyl groups excluding tert-OH is 1. The summed E-state index contributed by atoms with van der Waals surface area (Å²) in [5, 5.41) is 8.83. The van der Waals surface area contributed by atoms with Gasteiger partial charge in [0.2, 0.25) is 5.91 Å². The van der Waals surface area contributed by atoms with Crippen LogP contribution in [0, 0.1) is 0 Å². The van der Waals surface area contributed by atoms with E-state index < -0.39 is 6.04 Å². The minimum atomic E-state index is -0.646. The van der Waals surface area contributed by atoms with Crippen LogP contribution in [0.5, 0.6) is 0 Å². The average molecular weight is 222 g/mol. The van der Waals surface area contributed by atoms with Crippen molar-refractivity contribution in [2.45, 2.75) is 13.0 Å². The minimum absolute atomic E-state index is 0.0406. The second kappa shape index (κ2) is 6.25. The SMILES string of the molecule is CCN(CCO)C(=O)[C@H](N)c1ccccc1. The molecule has 1 aromatic carbocycles. The molecule has 4 nitrogen and oxygen atoms in total. The molecule has 0 radical (unpaired) electrons. The Morgan fingerprint density at radius 3 is 2.56 bits per heavy atom. The molecule has 0 aliphatic heterocycles. The van der Waals surface area contributed by atoms with Crippen LogP contribution in [0.4, 0.5) is 0 Å². The topological polar surface area (TPSA) is 66.6 Å². The second-order valence-corrected chi connectivity index (χ2v) is 3.53. The molecule has 4 heteroatoms. The van der Waals surface area contributed by atoms with Gasteiger partial charge in [0.15, 0.2) is 0 Å². The van der Waals surface area contributed by atoms with Crippen LogP contribution < -0.4 is 5.73 Å². The molecule has 1 atom stereocenters. The lowest BCUT2D eigenvalue weighted by molar-refractivity contribution is -0.133. The predicted molar refractivity (Wildman–Crippen MR) is 62.7 cm³/mol. The Morgan fingerprint density at radius 1 is 1.44 bits per heavy atom. The van der Waals surface area contributed by atoms with Gasteiger partial charge in [0, 0.05) is 13.1 Å². The van der Waals surface area contributed by atoms with Gasteiger partial charge in [-0.2, -0.15) is 0 Å². The Labute approximate surface area is 95.7 Å². The van der Waals surface area contributed by atoms with E-state index >= 15 is 0 Å². The monoisotopic (exact) mass is 222 g/mol. The summed E-state index contributed by atoms with van der Waals surface area (Å²) < 4.78 is 0. The summed E-state index contributed by atoms with van der Waals surface area (Å²) in [6.07, 6.45) is 0. The molecule has 1 rings (SSSR count). The van der Waals surface area contributed by atoms with E-state index in [0.29, 0.717) is 13.1 Å². The predicted octanol–water partition coefficient (Wildman–Crippen LogP) is 0.527. The maximum absolute atomic E-state index is 12.0. The fourth-order valence-corrected chi connectivity index (χ4v) is 1.54. The van der Waals surface area contributed by atoms with Crippen LogP contribution in [0.25, 0.3) is 0 Å². The van der Waals surface area contributed by atoms with E-state index in [1.165, 1.54) is 0 Å². The smallest absolute Gasteiger partial charge is 0.244 e. The van der Waals surface area contributed by atoms with E-state index in [1.54, 1.807) is 4.90 Å². The quantitative estimate of drug-likeness (QED) is 0.763. The average Bonchev–Trinajstić information content (AvgIpc) is 2.35. The highest BCUT2D eigenvalue weighted by molar-refractivity contribution is 5.83. The van der Waals surface area contributed by atoms with E-state index in [0.717, 1.165) is 5.56 Å². The summed E-state index contributed by atoms with van der Waals surface area (Å²) in [5.41, 5.74) is 6.67. The van der Waals surface area contributed by atoms with Gasteiger partial charge in [0.25, 0.3) is 0 Å². The summed E-state index contributed by atoms with van der Waals surface area (Å²) in [5.74, 6) is -0.150. The Kier molecular flexibility index (Phi) is 4.95. The van der Waals surface area contributed by atoms with Crippen molar-refractivity contribution in [3.8, 4) is 0 Å². The normalized spacial score (nSPS) is 12.2. The van der Waals surface area contributed by atoms with Gasteiger partial charge < -0.3 is 15.7 Å². The van der Waals surface area contributed by atoms with Gasteiger partial charge in [0.05, 0.1) is 6.61 Å². The highest BCUT2D eigenvalue weighted by Crippen LogP contribution is 2.12. The third-order valence-electron chi connectivity index (χ3n) is 2.49. The number of likely N-dealkylation sites (N-methyl/N-ethyl adjacent to an activating group) is 1. The van der Waals surface area contributed by atoms with Crippen LogP contribution in [0.3, 0.4) is 0 Å². The lowest BCUT2D eigenvalue weighted by Gasteiger charge is -2.23. The largest absolute Gasteiger partial charge is 0.395 e. The molecule has 0 spiro atoms. The molecule has 1 aromatic rings. The van der Waals surface area contributed by atoms with E-state index in [2.05, 4.69) is 0 Å². The Balaban J connectivity index is 2.73.